The molecular weight excluding hydrogens is 376 g/mol. The number of anilines is 1. The number of aromatic nitrogens is 2. The maximum Gasteiger partial charge on any atom is 0.260 e. The molecule has 3 rings (SSSR count). The highest BCUT2D eigenvalue weighted by Gasteiger charge is 2.20. The van der Waals surface area contributed by atoms with E-state index in [1.165, 1.54) is 11.8 Å². The van der Waals surface area contributed by atoms with Gasteiger partial charge in [-0.3, -0.25) is 9.48 Å². The van der Waals surface area contributed by atoms with Crippen LogP contribution in [-0.2, 0) is 11.9 Å². The second-order valence-corrected chi connectivity index (χ2v) is 6.67. The normalized spacial score (nSPS) is 11.4. The van der Waals surface area contributed by atoms with E-state index in [1.807, 2.05) is 55.5 Å². The van der Waals surface area contributed by atoms with Gasteiger partial charge in [0, 0.05) is 18.3 Å². The topological polar surface area (TPSA) is 68.5 Å². The molecule has 0 bridgehead atoms. The molecule has 144 valence electrons. The summed E-state index contributed by atoms with van der Waals surface area (Å²) in [5.41, 5.74) is 5.28. The van der Waals surface area contributed by atoms with Crippen LogP contribution in [0.15, 0.2) is 53.7 Å². The summed E-state index contributed by atoms with van der Waals surface area (Å²) in [4.78, 5) is 17.6. The summed E-state index contributed by atoms with van der Waals surface area (Å²) in [6, 6.07) is 15.5. The fourth-order valence-electron chi connectivity index (χ4n) is 3.00. The first-order valence-corrected chi connectivity index (χ1v) is 9.08. The number of aryl methyl sites for hydroxylation is 2. The summed E-state index contributed by atoms with van der Waals surface area (Å²) in [5.74, 6) is -0.289. The fraction of sp³-hybridized carbons (Fsp3) is 0.190. The van der Waals surface area contributed by atoms with Crippen LogP contribution in [0, 0.1) is 6.92 Å². The number of amides is 1. The van der Waals surface area contributed by atoms with Crippen molar-refractivity contribution >= 4 is 28.9 Å². The average Bonchev–Trinajstić information content (AvgIpc) is 2.94. The Morgan fingerprint density at radius 3 is 2.46 bits per heavy atom. The molecule has 28 heavy (non-hydrogen) atoms. The van der Waals surface area contributed by atoms with Gasteiger partial charge in [0.25, 0.3) is 5.91 Å². The number of hydrogen-bond acceptors (Lipinski definition) is 4. The highest BCUT2D eigenvalue weighted by molar-refractivity contribution is 6.33. The van der Waals surface area contributed by atoms with Crippen molar-refractivity contribution in [2.24, 2.45) is 12.2 Å². The molecule has 1 N–H and O–H groups in total. The molecule has 0 aliphatic rings. The lowest BCUT2D eigenvalue weighted by Crippen LogP contribution is -2.13. The van der Waals surface area contributed by atoms with E-state index in [1.54, 1.807) is 14.0 Å². The molecule has 0 aliphatic carbocycles. The Morgan fingerprint density at radius 1 is 1.18 bits per heavy atom. The van der Waals surface area contributed by atoms with Crippen LogP contribution in [-0.4, -0.2) is 28.5 Å². The van der Waals surface area contributed by atoms with Crippen LogP contribution in [0.4, 0.5) is 5.69 Å². The van der Waals surface area contributed by atoms with Gasteiger partial charge in [-0.25, -0.2) is 0 Å². The van der Waals surface area contributed by atoms with Crippen LogP contribution < -0.4 is 5.32 Å². The summed E-state index contributed by atoms with van der Waals surface area (Å²) < 4.78 is 1.49. The zero-order valence-corrected chi connectivity index (χ0v) is 16.9. The minimum atomic E-state index is -0.289. The zero-order valence-electron chi connectivity index (χ0n) is 16.2. The fourth-order valence-corrected chi connectivity index (χ4v) is 3.26. The molecule has 1 heterocycles. The summed E-state index contributed by atoms with van der Waals surface area (Å²) in [6.45, 7) is 3.64. The number of carbonyl (C=O) groups excluding carboxylic acids is 1. The van der Waals surface area contributed by atoms with E-state index in [9.17, 15) is 4.79 Å². The maximum absolute atomic E-state index is 12.8. The molecule has 1 amide bonds. The number of halogens is 1. The van der Waals surface area contributed by atoms with E-state index in [0.717, 1.165) is 22.4 Å². The molecule has 6 nitrogen and oxygen atoms in total. The zero-order chi connectivity index (χ0) is 20.3. The third-order valence-corrected chi connectivity index (χ3v) is 4.83. The van der Waals surface area contributed by atoms with Gasteiger partial charge in [0.05, 0.1) is 17.0 Å². The van der Waals surface area contributed by atoms with Crippen LogP contribution in [0.3, 0.4) is 0 Å². The van der Waals surface area contributed by atoms with Gasteiger partial charge >= 0.3 is 0 Å². The molecule has 0 saturated carbocycles. The molecular formula is C21H21ClN4O2. The largest absolute Gasteiger partial charge is 0.399 e. The van der Waals surface area contributed by atoms with Crippen LogP contribution in [0.2, 0.25) is 5.15 Å². The van der Waals surface area contributed by atoms with Gasteiger partial charge in [0.15, 0.2) is 0 Å². The monoisotopic (exact) mass is 396 g/mol. The molecule has 3 aromatic rings. The number of para-hydroxylation sites is 1. The van der Waals surface area contributed by atoms with E-state index < -0.39 is 0 Å². The number of carbonyl (C=O) groups is 1. The van der Waals surface area contributed by atoms with Gasteiger partial charge < -0.3 is 10.2 Å². The van der Waals surface area contributed by atoms with E-state index in [-0.39, 0.29) is 5.91 Å². The number of nitrogens with zero attached hydrogens (tertiary/aromatic N) is 3. The van der Waals surface area contributed by atoms with E-state index in [2.05, 4.69) is 15.6 Å². The second kappa shape index (κ2) is 8.27. The Balaban J connectivity index is 1.91. The molecule has 0 radical (unpaired) electrons. The quantitative estimate of drug-likeness (QED) is 0.503. The molecule has 0 atom stereocenters. The summed E-state index contributed by atoms with van der Waals surface area (Å²) >= 11 is 6.22. The third kappa shape index (κ3) is 3.92. The van der Waals surface area contributed by atoms with Crippen molar-refractivity contribution in [1.29, 1.82) is 0 Å². The van der Waals surface area contributed by atoms with Crippen LogP contribution in [0.25, 0.3) is 11.1 Å². The average molecular weight is 397 g/mol. The number of oxime groups is 1. The number of hydrogen-bond donors (Lipinski definition) is 1. The summed E-state index contributed by atoms with van der Waals surface area (Å²) in [7, 11) is 3.23. The molecule has 0 unspecified atom stereocenters. The highest BCUT2D eigenvalue weighted by Crippen LogP contribution is 2.29. The maximum atomic E-state index is 12.8. The Morgan fingerprint density at radius 2 is 1.86 bits per heavy atom. The Bertz CT molecular complexity index is 1040. The molecule has 0 fully saturated rings. The Hall–Kier alpha value is -3.12. The molecule has 1 aromatic heterocycles. The summed E-state index contributed by atoms with van der Waals surface area (Å²) in [5, 5.41) is 11.4. The lowest BCUT2D eigenvalue weighted by molar-refractivity contribution is 0.102. The minimum Gasteiger partial charge on any atom is -0.399 e. The number of rotatable bonds is 5. The van der Waals surface area contributed by atoms with Crippen LogP contribution in [0.5, 0.6) is 0 Å². The van der Waals surface area contributed by atoms with Crippen molar-refractivity contribution < 1.29 is 9.63 Å². The van der Waals surface area contributed by atoms with Crippen LogP contribution >= 0.6 is 11.6 Å². The van der Waals surface area contributed by atoms with Crippen molar-refractivity contribution in [2.75, 3.05) is 12.4 Å². The second-order valence-electron chi connectivity index (χ2n) is 6.31. The van der Waals surface area contributed by atoms with Gasteiger partial charge in [-0.05, 0) is 31.0 Å². The van der Waals surface area contributed by atoms with Gasteiger partial charge in [-0.1, -0.05) is 59.2 Å². The standard InChI is InChI=1S/C21H21ClN4O2/c1-13(25-28-4)15-9-11-16(12-10-15)17-7-5-6-8-18(17)23-21(27)19-14(2)24-26(3)20(19)22/h5-12H,1-4H3,(H,23,27). The van der Waals surface area contributed by atoms with Crippen molar-refractivity contribution in [2.45, 2.75) is 13.8 Å². The number of nitrogens with one attached hydrogen (secondary N) is 1. The third-order valence-electron chi connectivity index (χ3n) is 4.40. The minimum absolute atomic E-state index is 0.289. The molecule has 0 saturated heterocycles. The van der Waals surface area contributed by atoms with Gasteiger partial charge in [0.2, 0.25) is 0 Å². The highest BCUT2D eigenvalue weighted by atomic mass is 35.5. The molecule has 2 aromatic carbocycles. The van der Waals surface area contributed by atoms with E-state index in [4.69, 9.17) is 16.4 Å². The Kier molecular flexibility index (Phi) is 5.80. The Labute approximate surface area is 168 Å². The SMILES string of the molecule is CON=C(C)c1ccc(-c2ccccc2NC(=O)c2c(C)nn(C)c2Cl)cc1. The molecule has 0 spiro atoms. The van der Waals surface area contributed by atoms with E-state index in [0.29, 0.717) is 22.1 Å². The van der Waals surface area contributed by atoms with Crippen molar-refractivity contribution in [1.82, 2.24) is 9.78 Å². The van der Waals surface area contributed by atoms with Crippen molar-refractivity contribution in [3.63, 3.8) is 0 Å². The smallest absolute Gasteiger partial charge is 0.260 e. The number of benzene rings is 2. The first-order valence-electron chi connectivity index (χ1n) is 8.70. The van der Waals surface area contributed by atoms with E-state index >= 15 is 0 Å². The van der Waals surface area contributed by atoms with Gasteiger partial charge in [-0.2, -0.15) is 5.10 Å². The molecule has 0 aliphatic heterocycles. The van der Waals surface area contributed by atoms with Gasteiger partial charge in [0.1, 0.15) is 12.3 Å². The van der Waals surface area contributed by atoms with Crippen molar-refractivity contribution in [3.8, 4) is 11.1 Å². The molecule has 7 heteroatoms. The van der Waals surface area contributed by atoms with Crippen molar-refractivity contribution in [3.05, 3.63) is 70.5 Å². The van der Waals surface area contributed by atoms with Crippen LogP contribution in [0.1, 0.15) is 28.5 Å². The predicted octanol–water partition coefficient (Wildman–Crippen LogP) is 4.67. The summed E-state index contributed by atoms with van der Waals surface area (Å²) in [6.07, 6.45) is 0. The first kappa shape index (κ1) is 19.6. The lowest BCUT2D eigenvalue weighted by atomic mass is 10.0. The van der Waals surface area contributed by atoms with Gasteiger partial charge in [-0.15, -0.1) is 0 Å². The lowest BCUT2D eigenvalue weighted by Gasteiger charge is -2.12. The first-order chi connectivity index (χ1) is 13.4. The predicted molar refractivity (Wildman–Crippen MR) is 112 cm³/mol.